The van der Waals surface area contributed by atoms with Crippen molar-refractivity contribution in [2.75, 3.05) is 26.1 Å². The van der Waals surface area contributed by atoms with Crippen molar-refractivity contribution in [1.82, 2.24) is 14.9 Å². The number of amides is 2. The number of fused-ring (bicyclic) bond motifs is 1. The van der Waals surface area contributed by atoms with Crippen molar-refractivity contribution in [3.63, 3.8) is 0 Å². The predicted molar refractivity (Wildman–Crippen MR) is 105 cm³/mol. The molecule has 0 saturated carbocycles. The van der Waals surface area contributed by atoms with Crippen LogP contribution in [0, 0.1) is 0 Å². The van der Waals surface area contributed by atoms with Crippen LogP contribution in [0.3, 0.4) is 0 Å². The summed E-state index contributed by atoms with van der Waals surface area (Å²) < 4.78 is 12.3. The van der Waals surface area contributed by atoms with Crippen LogP contribution in [0.4, 0.5) is 5.69 Å². The van der Waals surface area contributed by atoms with Crippen LogP contribution in [0.15, 0.2) is 30.9 Å². The molecule has 0 spiro atoms. The molecule has 0 fully saturated rings. The third kappa shape index (κ3) is 3.85. The highest BCUT2D eigenvalue weighted by Gasteiger charge is 2.27. The van der Waals surface area contributed by atoms with E-state index >= 15 is 0 Å². The van der Waals surface area contributed by atoms with Gasteiger partial charge in [-0.2, -0.15) is 0 Å². The number of hydrogen-bond donors (Lipinski definition) is 2. The van der Waals surface area contributed by atoms with E-state index in [1.54, 1.807) is 31.4 Å². The zero-order chi connectivity index (χ0) is 20.1. The van der Waals surface area contributed by atoms with Crippen LogP contribution in [-0.2, 0) is 13.0 Å². The number of aromatic nitrogens is 2. The molecule has 0 radical (unpaired) electrons. The molecular formula is C20H24N4O4. The molecule has 0 unspecified atom stereocenters. The fourth-order valence-electron chi connectivity index (χ4n) is 3.23. The van der Waals surface area contributed by atoms with Gasteiger partial charge in [-0.05, 0) is 31.4 Å². The van der Waals surface area contributed by atoms with Gasteiger partial charge in [-0.1, -0.05) is 6.08 Å². The number of ether oxygens (including phenoxy) is 2. The van der Waals surface area contributed by atoms with Gasteiger partial charge in [-0.15, -0.1) is 6.58 Å². The molecule has 1 aromatic heterocycles. The van der Waals surface area contributed by atoms with Crippen LogP contribution < -0.4 is 20.1 Å². The maximum absolute atomic E-state index is 12.9. The van der Waals surface area contributed by atoms with Crippen molar-refractivity contribution < 1.29 is 19.1 Å². The highest BCUT2D eigenvalue weighted by atomic mass is 16.5. The lowest BCUT2D eigenvalue weighted by Gasteiger charge is -2.17. The van der Waals surface area contributed by atoms with Crippen LogP contribution in [0.25, 0.3) is 0 Å². The van der Waals surface area contributed by atoms with Gasteiger partial charge in [0.15, 0.2) is 5.82 Å². The third-order valence-electron chi connectivity index (χ3n) is 4.60. The third-order valence-corrected chi connectivity index (χ3v) is 4.60. The number of nitrogens with zero attached hydrogens (tertiary/aromatic N) is 2. The lowest BCUT2D eigenvalue weighted by atomic mass is 10.1. The van der Waals surface area contributed by atoms with E-state index in [0.717, 1.165) is 18.5 Å². The monoisotopic (exact) mass is 384 g/mol. The molecule has 1 aromatic carbocycles. The minimum absolute atomic E-state index is 0.219. The Labute approximate surface area is 163 Å². The number of rotatable bonds is 7. The fraction of sp³-hybridized carbons (Fsp3) is 0.350. The quantitative estimate of drug-likeness (QED) is 0.715. The molecule has 2 N–H and O–H groups in total. The van der Waals surface area contributed by atoms with E-state index < -0.39 is 5.91 Å². The summed E-state index contributed by atoms with van der Waals surface area (Å²) >= 11 is 0. The summed E-state index contributed by atoms with van der Waals surface area (Å²) in [5.74, 6) is 0.619. The SMILES string of the molecule is C=CCNC(=O)c1nc(C(=O)Nc2ccc(OC)cc2OC)n2c1CCCC2. The van der Waals surface area contributed by atoms with Crippen molar-refractivity contribution in [3.8, 4) is 11.5 Å². The highest BCUT2D eigenvalue weighted by Crippen LogP contribution is 2.30. The number of benzene rings is 1. The second-order valence-electron chi connectivity index (χ2n) is 6.36. The standard InChI is InChI=1S/C20H24N4O4/c1-4-10-21-19(25)17-15-7-5-6-11-24(15)18(23-17)20(26)22-14-9-8-13(27-2)12-16(14)28-3/h4,8-9,12H,1,5-7,10-11H2,2-3H3,(H,21,25)(H,22,26). The van der Waals surface area contributed by atoms with E-state index in [4.69, 9.17) is 9.47 Å². The van der Waals surface area contributed by atoms with E-state index in [9.17, 15) is 9.59 Å². The highest BCUT2D eigenvalue weighted by molar-refractivity contribution is 6.04. The maximum atomic E-state index is 12.9. The number of hydrogen-bond acceptors (Lipinski definition) is 5. The first-order chi connectivity index (χ1) is 13.6. The average Bonchev–Trinajstić information content (AvgIpc) is 3.12. The Balaban J connectivity index is 1.91. The summed E-state index contributed by atoms with van der Waals surface area (Å²) in [6.07, 6.45) is 4.21. The molecule has 148 valence electrons. The smallest absolute Gasteiger partial charge is 0.291 e. The maximum Gasteiger partial charge on any atom is 0.291 e. The summed E-state index contributed by atoms with van der Waals surface area (Å²) in [5.41, 5.74) is 1.59. The van der Waals surface area contributed by atoms with Gasteiger partial charge in [-0.25, -0.2) is 4.98 Å². The normalized spacial score (nSPS) is 12.6. The van der Waals surface area contributed by atoms with Gasteiger partial charge in [0.25, 0.3) is 11.8 Å². The first-order valence-electron chi connectivity index (χ1n) is 9.11. The minimum Gasteiger partial charge on any atom is -0.497 e. The molecule has 0 aliphatic carbocycles. The number of nitrogens with one attached hydrogen (secondary N) is 2. The molecule has 2 aromatic rings. The molecule has 2 heterocycles. The number of imidazole rings is 1. The molecular weight excluding hydrogens is 360 g/mol. The van der Waals surface area contributed by atoms with Crippen LogP contribution in [0.1, 0.15) is 39.6 Å². The van der Waals surface area contributed by atoms with E-state index in [0.29, 0.717) is 42.4 Å². The predicted octanol–water partition coefficient (Wildman–Crippen LogP) is 2.40. The van der Waals surface area contributed by atoms with Crippen LogP contribution in [0.5, 0.6) is 11.5 Å². The first-order valence-corrected chi connectivity index (χ1v) is 9.11. The molecule has 8 nitrogen and oxygen atoms in total. The number of carbonyl (C=O) groups excluding carboxylic acids is 2. The van der Waals surface area contributed by atoms with Crippen LogP contribution in [-0.4, -0.2) is 42.1 Å². The number of anilines is 1. The Kier molecular flexibility index (Phi) is 5.98. The van der Waals surface area contributed by atoms with Crippen molar-refractivity contribution in [3.05, 3.63) is 48.1 Å². The first kappa shape index (κ1) is 19.5. The molecule has 8 heteroatoms. The van der Waals surface area contributed by atoms with Gasteiger partial charge in [0.05, 0.1) is 25.6 Å². The Bertz CT molecular complexity index is 904. The van der Waals surface area contributed by atoms with Gasteiger partial charge in [-0.3, -0.25) is 9.59 Å². The molecule has 1 aliphatic rings. The Morgan fingerprint density at radius 3 is 2.79 bits per heavy atom. The zero-order valence-corrected chi connectivity index (χ0v) is 16.1. The summed E-state index contributed by atoms with van der Waals surface area (Å²) in [5, 5.41) is 5.56. The lowest BCUT2D eigenvalue weighted by molar-refractivity contribution is 0.0952. The van der Waals surface area contributed by atoms with E-state index in [1.165, 1.54) is 7.11 Å². The number of methoxy groups -OCH3 is 2. The topological polar surface area (TPSA) is 94.5 Å². The molecule has 1 aliphatic heterocycles. The second kappa shape index (κ2) is 8.60. The summed E-state index contributed by atoms with van der Waals surface area (Å²) in [6.45, 7) is 4.59. The molecule has 0 bridgehead atoms. The summed E-state index contributed by atoms with van der Waals surface area (Å²) in [4.78, 5) is 29.7. The van der Waals surface area contributed by atoms with Crippen molar-refractivity contribution in [2.45, 2.75) is 25.8 Å². The second-order valence-corrected chi connectivity index (χ2v) is 6.36. The van der Waals surface area contributed by atoms with Crippen LogP contribution >= 0.6 is 0 Å². The molecule has 0 atom stereocenters. The van der Waals surface area contributed by atoms with Gasteiger partial charge in [0.2, 0.25) is 0 Å². The minimum atomic E-state index is -0.394. The largest absolute Gasteiger partial charge is 0.497 e. The Hall–Kier alpha value is -3.29. The van der Waals surface area contributed by atoms with E-state index in [1.807, 2.05) is 4.57 Å². The van der Waals surface area contributed by atoms with E-state index in [-0.39, 0.29) is 11.7 Å². The summed E-state index contributed by atoms with van der Waals surface area (Å²) in [6, 6.07) is 5.12. The van der Waals surface area contributed by atoms with Gasteiger partial charge < -0.3 is 24.7 Å². The zero-order valence-electron chi connectivity index (χ0n) is 16.1. The molecule has 28 heavy (non-hydrogen) atoms. The van der Waals surface area contributed by atoms with Crippen LogP contribution in [0.2, 0.25) is 0 Å². The summed E-state index contributed by atoms with van der Waals surface area (Å²) in [7, 11) is 3.08. The van der Waals surface area contributed by atoms with Crippen molar-refractivity contribution in [2.24, 2.45) is 0 Å². The fourth-order valence-corrected chi connectivity index (χ4v) is 3.23. The Morgan fingerprint density at radius 2 is 2.07 bits per heavy atom. The van der Waals surface area contributed by atoms with E-state index in [2.05, 4.69) is 22.2 Å². The lowest BCUT2D eigenvalue weighted by Crippen LogP contribution is -2.25. The average molecular weight is 384 g/mol. The molecule has 3 rings (SSSR count). The molecule has 2 amide bonds. The molecule has 0 saturated heterocycles. The van der Waals surface area contributed by atoms with Crippen molar-refractivity contribution in [1.29, 1.82) is 0 Å². The number of carbonyl (C=O) groups is 2. The van der Waals surface area contributed by atoms with Gasteiger partial charge in [0, 0.05) is 19.2 Å². The Morgan fingerprint density at radius 1 is 1.25 bits per heavy atom. The van der Waals surface area contributed by atoms with Crippen molar-refractivity contribution >= 4 is 17.5 Å². The van der Waals surface area contributed by atoms with Gasteiger partial charge >= 0.3 is 0 Å². The van der Waals surface area contributed by atoms with Gasteiger partial charge in [0.1, 0.15) is 17.2 Å².